The first-order chi connectivity index (χ1) is 14.1. The molecule has 0 bridgehead atoms. The van der Waals surface area contributed by atoms with Gasteiger partial charge in [0.15, 0.2) is 6.10 Å². The molecule has 0 saturated carbocycles. The number of ether oxygens (including phenoxy) is 3. The van der Waals surface area contributed by atoms with Crippen molar-refractivity contribution in [3.63, 3.8) is 0 Å². The van der Waals surface area contributed by atoms with Gasteiger partial charge >= 0.3 is 23.9 Å². The highest BCUT2D eigenvalue weighted by Gasteiger charge is 2.40. The monoisotopic (exact) mass is 446 g/mol. The Kier molecular flexibility index (Phi) is 11.7. The average molecular weight is 447 g/mol. The highest BCUT2D eigenvalue weighted by molar-refractivity contribution is 5.83. The maximum absolute atomic E-state index is 12.5. The van der Waals surface area contributed by atoms with E-state index < -0.39 is 60.2 Å². The van der Waals surface area contributed by atoms with Gasteiger partial charge in [0.1, 0.15) is 17.7 Å². The number of nitrogens with two attached hydrogens (primary N) is 2. The Morgan fingerprint density at radius 2 is 1.29 bits per heavy atom. The lowest BCUT2D eigenvalue weighted by Crippen LogP contribution is -2.49. The van der Waals surface area contributed by atoms with Gasteiger partial charge in [-0.05, 0) is 32.6 Å². The van der Waals surface area contributed by atoms with Crippen LogP contribution in [0.5, 0.6) is 0 Å². The van der Waals surface area contributed by atoms with Crippen molar-refractivity contribution in [3.8, 4) is 0 Å². The summed E-state index contributed by atoms with van der Waals surface area (Å²) < 4.78 is 15.5. The quantitative estimate of drug-likeness (QED) is 0.294. The molecule has 10 nitrogen and oxygen atoms in total. The average Bonchev–Trinajstić information content (AvgIpc) is 2.66. The molecule has 5 N–H and O–H groups in total. The van der Waals surface area contributed by atoms with Crippen LogP contribution in [-0.2, 0) is 33.4 Å². The van der Waals surface area contributed by atoms with Crippen LogP contribution < -0.4 is 11.5 Å². The molecule has 0 aliphatic rings. The van der Waals surface area contributed by atoms with E-state index in [0.717, 1.165) is 0 Å². The van der Waals surface area contributed by atoms with Crippen molar-refractivity contribution in [2.24, 2.45) is 23.3 Å². The fourth-order valence-corrected chi connectivity index (χ4v) is 2.45. The Labute approximate surface area is 183 Å². The van der Waals surface area contributed by atoms with Gasteiger partial charge in [0, 0.05) is 0 Å². The van der Waals surface area contributed by atoms with Crippen LogP contribution in [0.1, 0.15) is 67.7 Å². The predicted octanol–water partition coefficient (Wildman–Crippen LogP) is 1.37. The zero-order chi connectivity index (χ0) is 24.5. The molecule has 0 heterocycles. The van der Waals surface area contributed by atoms with E-state index in [4.69, 9.17) is 25.7 Å². The number of carbonyl (C=O) groups is 4. The van der Waals surface area contributed by atoms with E-state index in [1.807, 2.05) is 13.8 Å². The summed E-state index contributed by atoms with van der Waals surface area (Å²) in [5.74, 6) is -4.82. The highest BCUT2D eigenvalue weighted by atomic mass is 16.6. The standard InChI is InChI=1S/C21H38N2O8/c1-8-11(3)15(22)19(27)29-13(10-14(24)31-21(5,6)7)17(18(25)26)30-20(28)16(23)12(4)9-2/h11-13,15-17H,8-10,22-23H2,1-7H3,(H,25,26). The molecule has 0 aromatic carbocycles. The summed E-state index contributed by atoms with van der Waals surface area (Å²) in [6.45, 7) is 12.0. The van der Waals surface area contributed by atoms with E-state index in [2.05, 4.69) is 0 Å². The maximum atomic E-state index is 12.5. The summed E-state index contributed by atoms with van der Waals surface area (Å²) >= 11 is 0. The van der Waals surface area contributed by atoms with Gasteiger partial charge in [-0.2, -0.15) is 0 Å². The molecule has 0 fully saturated rings. The molecule has 10 heteroatoms. The van der Waals surface area contributed by atoms with Crippen LogP contribution in [-0.4, -0.2) is 58.9 Å². The lowest BCUT2D eigenvalue weighted by Gasteiger charge is -2.28. The predicted molar refractivity (Wildman–Crippen MR) is 113 cm³/mol. The Morgan fingerprint density at radius 1 is 0.871 bits per heavy atom. The number of hydrogen-bond donors (Lipinski definition) is 3. The normalized spacial score (nSPS) is 17.5. The van der Waals surface area contributed by atoms with Crippen molar-refractivity contribution in [2.75, 3.05) is 0 Å². The summed E-state index contributed by atoms with van der Waals surface area (Å²) in [7, 11) is 0. The van der Waals surface area contributed by atoms with Gasteiger partial charge in [-0.15, -0.1) is 0 Å². The van der Waals surface area contributed by atoms with Crippen molar-refractivity contribution < 1.29 is 38.5 Å². The lowest BCUT2D eigenvalue weighted by atomic mass is 10.00. The van der Waals surface area contributed by atoms with Gasteiger partial charge in [0.05, 0.1) is 6.42 Å². The number of hydrogen-bond acceptors (Lipinski definition) is 9. The number of carbonyl (C=O) groups excluding carboxylic acids is 3. The van der Waals surface area contributed by atoms with E-state index in [9.17, 15) is 24.3 Å². The fourth-order valence-electron chi connectivity index (χ4n) is 2.45. The van der Waals surface area contributed by atoms with Crippen LogP contribution in [0, 0.1) is 11.8 Å². The Hall–Kier alpha value is -2.20. The molecule has 0 aromatic rings. The van der Waals surface area contributed by atoms with Gasteiger partial charge in [0.2, 0.25) is 6.10 Å². The topological polar surface area (TPSA) is 168 Å². The smallest absolute Gasteiger partial charge is 0.349 e. The van der Waals surface area contributed by atoms with Crippen molar-refractivity contribution in [3.05, 3.63) is 0 Å². The Balaban J connectivity index is 5.75. The van der Waals surface area contributed by atoms with Crippen LogP contribution in [0.3, 0.4) is 0 Å². The number of aliphatic carboxylic acids is 1. The van der Waals surface area contributed by atoms with E-state index in [1.54, 1.807) is 34.6 Å². The molecular weight excluding hydrogens is 408 g/mol. The molecule has 31 heavy (non-hydrogen) atoms. The Bertz CT molecular complexity index is 631. The maximum Gasteiger partial charge on any atom is 0.349 e. The third kappa shape index (κ3) is 10.1. The second kappa shape index (κ2) is 12.6. The molecule has 0 rings (SSSR count). The first-order valence-corrected chi connectivity index (χ1v) is 10.5. The summed E-state index contributed by atoms with van der Waals surface area (Å²) in [6.07, 6.45) is -3.09. The molecule has 6 atom stereocenters. The molecule has 180 valence electrons. The first kappa shape index (κ1) is 28.8. The lowest BCUT2D eigenvalue weighted by molar-refractivity contribution is -0.185. The molecule has 0 amide bonds. The minimum absolute atomic E-state index is 0.251. The van der Waals surface area contributed by atoms with E-state index in [1.165, 1.54) is 0 Å². The van der Waals surface area contributed by atoms with Crippen LogP contribution in [0.2, 0.25) is 0 Å². The van der Waals surface area contributed by atoms with E-state index >= 15 is 0 Å². The van der Waals surface area contributed by atoms with Crippen LogP contribution in [0.15, 0.2) is 0 Å². The third-order valence-corrected chi connectivity index (χ3v) is 4.94. The summed E-state index contributed by atoms with van der Waals surface area (Å²) in [5, 5.41) is 9.63. The summed E-state index contributed by atoms with van der Waals surface area (Å²) in [6, 6.07) is -2.12. The summed E-state index contributed by atoms with van der Waals surface area (Å²) in [5.41, 5.74) is 10.8. The van der Waals surface area contributed by atoms with Crippen molar-refractivity contribution >= 4 is 23.9 Å². The van der Waals surface area contributed by atoms with Gasteiger partial charge < -0.3 is 30.8 Å². The van der Waals surface area contributed by atoms with Crippen molar-refractivity contribution in [2.45, 2.75) is 97.6 Å². The van der Waals surface area contributed by atoms with Crippen LogP contribution in [0.4, 0.5) is 0 Å². The second-order valence-corrected chi connectivity index (χ2v) is 8.78. The zero-order valence-electron chi connectivity index (χ0n) is 19.5. The molecule has 0 aliphatic carbocycles. The molecular formula is C21H38N2O8. The zero-order valence-corrected chi connectivity index (χ0v) is 19.5. The van der Waals surface area contributed by atoms with Gasteiger partial charge in [-0.3, -0.25) is 14.4 Å². The second-order valence-electron chi connectivity index (χ2n) is 8.78. The minimum atomic E-state index is -1.96. The Morgan fingerprint density at radius 3 is 1.65 bits per heavy atom. The van der Waals surface area contributed by atoms with E-state index in [-0.39, 0.29) is 11.8 Å². The highest BCUT2D eigenvalue weighted by Crippen LogP contribution is 2.18. The molecule has 0 saturated heterocycles. The molecule has 0 radical (unpaired) electrons. The number of esters is 3. The molecule has 0 aliphatic heterocycles. The van der Waals surface area contributed by atoms with Crippen molar-refractivity contribution in [1.29, 1.82) is 0 Å². The molecule has 6 unspecified atom stereocenters. The number of rotatable bonds is 12. The van der Waals surface area contributed by atoms with Crippen LogP contribution in [0.25, 0.3) is 0 Å². The SMILES string of the molecule is CCC(C)C(N)C(=O)OC(CC(=O)OC(C)(C)C)C(OC(=O)C(N)C(C)CC)C(=O)O. The fraction of sp³-hybridized carbons (Fsp3) is 0.810. The number of carboxylic acids is 1. The van der Waals surface area contributed by atoms with E-state index in [0.29, 0.717) is 12.8 Å². The van der Waals surface area contributed by atoms with Crippen molar-refractivity contribution in [1.82, 2.24) is 0 Å². The van der Waals surface area contributed by atoms with Gasteiger partial charge in [-0.25, -0.2) is 4.79 Å². The third-order valence-electron chi connectivity index (χ3n) is 4.94. The number of carboxylic acid groups (broad SMARTS) is 1. The largest absolute Gasteiger partial charge is 0.478 e. The van der Waals surface area contributed by atoms with Crippen LogP contribution >= 0.6 is 0 Å². The first-order valence-electron chi connectivity index (χ1n) is 10.5. The van der Waals surface area contributed by atoms with Gasteiger partial charge in [-0.1, -0.05) is 40.5 Å². The molecule has 0 aromatic heterocycles. The van der Waals surface area contributed by atoms with Gasteiger partial charge in [0.25, 0.3) is 0 Å². The molecule has 0 spiro atoms. The summed E-state index contributed by atoms with van der Waals surface area (Å²) in [4.78, 5) is 49.0. The minimum Gasteiger partial charge on any atom is -0.478 e.